The summed E-state index contributed by atoms with van der Waals surface area (Å²) in [6.07, 6.45) is 5.94. The summed E-state index contributed by atoms with van der Waals surface area (Å²) in [5.74, 6) is 2.50. The van der Waals surface area contributed by atoms with Gasteiger partial charge in [0.05, 0.1) is 17.8 Å². The first kappa shape index (κ1) is 38.4. The van der Waals surface area contributed by atoms with E-state index in [0.29, 0.717) is 48.7 Å². The zero-order chi connectivity index (χ0) is 35.6. The number of carbonyl (C=O) groups is 1. The van der Waals surface area contributed by atoms with Crippen molar-refractivity contribution in [2.45, 2.75) is 40.3 Å². The predicted octanol–water partition coefficient (Wildman–Crippen LogP) is 9.43. The normalized spacial score (nSPS) is 13.1. The molecule has 1 saturated heterocycles. The molecule has 9 heteroatoms. The molecule has 2 heterocycles. The van der Waals surface area contributed by atoms with Gasteiger partial charge in [-0.1, -0.05) is 77.8 Å². The third-order valence-corrected chi connectivity index (χ3v) is 9.32. The molecule has 0 spiro atoms. The number of pyridine rings is 1. The lowest BCUT2D eigenvalue weighted by Crippen LogP contribution is -2.47. The number of carbonyl (C=O) groups excluding carboxylic acids is 1. The smallest absolute Gasteiger partial charge is 0.246 e. The van der Waals surface area contributed by atoms with Gasteiger partial charge in [-0.3, -0.25) is 9.69 Å². The van der Waals surface area contributed by atoms with Crippen LogP contribution in [0, 0.1) is 20.8 Å². The van der Waals surface area contributed by atoms with E-state index in [0.717, 1.165) is 48.5 Å². The minimum Gasteiger partial charge on any atom is -0.493 e. The van der Waals surface area contributed by atoms with Gasteiger partial charge < -0.3 is 19.1 Å². The number of rotatable bonds is 13. The summed E-state index contributed by atoms with van der Waals surface area (Å²) in [6.45, 7) is 11.1. The number of benzene rings is 4. The zero-order valence-corrected chi connectivity index (χ0v) is 31.5. The van der Waals surface area contributed by atoms with Gasteiger partial charge in [0.1, 0.15) is 18.1 Å². The molecule has 6 rings (SSSR count). The van der Waals surface area contributed by atoms with E-state index in [9.17, 15) is 4.79 Å². The lowest BCUT2D eigenvalue weighted by atomic mass is 10.1. The van der Waals surface area contributed by atoms with Crippen molar-refractivity contribution in [3.63, 3.8) is 0 Å². The molecule has 270 valence electrons. The van der Waals surface area contributed by atoms with Crippen LogP contribution < -0.4 is 14.2 Å². The monoisotopic (exact) mass is 737 g/mol. The molecule has 0 aliphatic carbocycles. The van der Waals surface area contributed by atoms with Crippen LogP contribution in [0.25, 0.3) is 6.08 Å². The molecule has 1 aliphatic rings. The third-order valence-electron chi connectivity index (χ3n) is 9.03. The maximum Gasteiger partial charge on any atom is 0.246 e. The van der Waals surface area contributed by atoms with Crippen molar-refractivity contribution in [3.8, 4) is 23.1 Å². The van der Waals surface area contributed by atoms with Crippen molar-refractivity contribution in [2.24, 2.45) is 0 Å². The van der Waals surface area contributed by atoms with Gasteiger partial charge in [0.2, 0.25) is 11.8 Å². The Bertz CT molecular complexity index is 1920. The minimum absolute atomic E-state index is 0. The number of piperazine rings is 1. The molecule has 0 N–H and O–H groups in total. The summed E-state index contributed by atoms with van der Waals surface area (Å²) in [6, 6.07) is 32.4. The summed E-state index contributed by atoms with van der Waals surface area (Å²) in [4.78, 5) is 21.7. The molecule has 0 unspecified atom stereocenters. The SMILES string of the molecule is Cc1ccc(OCCc2ccc(CN3CCN(C(=O)/C=C/c4cc(C)c(Oc5ccc(OCc6ccccc6C)cn5)c(Cl)c4)CC3)cc2)cc1.Cl. The van der Waals surface area contributed by atoms with E-state index in [-0.39, 0.29) is 18.3 Å². The Kier molecular flexibility index (Phi) is 13.7. The van der Waals surface area contributed by atoms with Crippen molar-refractivity contribution >= 4 is 36.0 Å². The van der Waals surface area contributed by atoms with E-state index >= 15 is 0 Å². The van der Waals surface area contributed by atoms with E-state index in [4.69, 9.17) is 25.8 Å². The Hall–Kier alpha value is -4.82. The number of hydrogen-bond acceptors (Lipinski definition) is 6. The zero-order valence-electron chi connectivity index (χ0n) is 29.9. The van der Waals surface area contributed by atoms with Gasteiger partial charge in [-0.05, 0) is 90.6 Å². The summed E-state index contributed by atoms with van der Waals surface area (Å²) in [5.41, 5.74) is 7.74. The number of ether oxygens (including phenoxy) is 3. The van der Waals surface area contributed by atoms with Gasteiger partial charge in [-0.25, -0.2) is 4.98 Å². The van der Waals surface area contributed by atoms with Crippen LogP contribution in [0.15, 0.2) is 109 Å². The van der Waals surface area contributed by atoms with E-state index in [1.807, 2.05) is 54.3 Å². The fraction of sp³-hybridized carbons (Fsp3) is 0.256. The molecule has 1 amide bonds. The highest BCUT2D eigenvalue weighted by atomic mass is 35.5. The van der Waals surface area contributed by atoms with E-state index in [1.54, 1.807) is 24.4 Å². The second kappa shape index (κ2) is 18.6. The number of aryl methyl sites for hydroxylation is 3. The van der Waals surface area contributed by atoms with Crippen molar-refractivity contribution < 1.29 is 19.0 Å². The van der Waals surface area contributed by atoms with Crippen molar-refractivity contribution in [2.75, 3.05) is 32.8 Å². The van der Waals surface area contributed by atoms with Crippen LogP contribution in [0.1, 0.15) is 38.9 Å². The van der Waals surface area contributed by atoms with Crippen LogP contribution in [0.3, 0.4) is 0 Å². The van der Waals surface area contributed by atoms with Gasteiger partial charge in [0, 0.05) is 51.3 Å². The van der Waals surface area contributed by atoms with E-state index in [2.05, 4.69) is 72.3 Å². The lowest BCUT2D eigenvalue weighted by Gasteiger charge is -2.34. The Morgan fingerprint density at radius 1 is 0.808 bits per heavy atom. The second-order valence-corrected chi connectivity index (χ2v) is 13.4. The second-order valence-electron chi connectivity index (χ2n) is 13.0. The Morgan fingerprint density at radius 3 is 2.21 bits per heavy atom. The van der Waals surface area contributed by atoms with Crippen molar-refractivity contribution in [1.82, 2.24) is 14.8 Å². The number of nitrogens with zero attached hydrogens (tertiary/aromatic N) is 3. The van der Waals surface area contributed by atoms with E-state index in [1.165, 1.54) is 22.3 Å². The molecule has 4 aromatic carbocycles. The summed E-state index contributed by atoms with van der Waals surface area (Å²) in [7, 11) is 0. The van der Waals surface area contributed by atoms with Crippen molar-refractivity contribution in [3.05, 3.63) is 153 Å². The van der Waals surface area contributed by atoms with Crippen LogP contribution in [-0.2, 0) is 24.4 Å². The van der Waals surface area contributed by atoms with Crippen molar-refractivity contribution in [1.29, 1.82) is 0 Å². The van der Waals surface area contributed by atoms with Crippen LogP contribution in [-0.4, -0.2) is 53.5 Å². The van der Waals surface area contributed by atoms with Gasteiger partial charge in [0.25, 0.3) is 0 Å². The van der Waals surface area contributed by atoms with Gasteiger partial charge >= 0.3 is 0 Å². The molecule has 0 saturated carbocycles. The van der Waals surface area contributed by atoms with Crippen LogP contribution in [0.4, 0.5) is 0 Å². The fourth-order valence-electron chi connectivity index (χ4n) is 5.92. The maximum absolute atomic E-state index is 13.0. The summed E-state index contributed by atoms with van der Waals surface area (Å²) < 4.78 is 17.8. The molecule has 1 aliphatic heterocycles. The first-order chi connectivity index (χ1) is 24.8. The Balaban J connectivity index is 0.00000523. The third kappa shape index (κ3) is 10.8. The maximum atomic E-state index is 13.0. The fourth-order valence-corrected chi connectivity index (χ4v) is 6.24. The predicted molar refractivity (Wildman–Crippen MR) is 211 cm³/mol. The van der Waals surface area contributed by atoms with E-state index < -0.39 is 0 Å². The molecule has 5 aromatic rings. The average molecular weight is 739 g/mol. The summed E-state index contributed by atoms with van der Waals surface area (Å²) in [5, 5.41) is 0.445. The Morgan fingerprint density at radius 2 is 1.52 bits per heavy atom. The number of amides is 1. The largest absolute Gasteiger partial charge is 0.493 e. The highest BCUT2D eigenvalue weighted by molar-refractivity contribution is 6.32. The number of aromatic nitrogens is 1. The molecule has 0 bridgehead atoms. The topological polar surface area (TPSA) is 64.1 Å². The van der Waals surface area contributed by atoms with Gasteiger partial charge in [-0.15, -0.1) is 12.4 Å². The molecular weight excluding hydrogens is 693 g/mol. The summed E-state index contributed by atoms with van der Waals surface area (Å²) >= 11 is 6.64. The first-order valence-corrected chi connectivity index (χ1v) is 17.7. The average Bonchev–Trinajstić information content (AvgIpc) is 3.14. The molecular formula is C43H45Cl2N3O4. The molecule has 1 aromatic heterocycles. The van der Waals surface area contributed by atoms with Gasteiger partial charge in [0.15, 0.2) is 5.75 Å². The molecule has 7 nitrogen and oxygen atoms in total. The van der Waals surface area contributed by atoms with Gasteiger partial charge in [-0.2, -0.15) is 0 Å². The van der Waals surface area contributed by atoms with Crippen LogP contribution in [0.2, 0.25) is 5.02 Å². The lowest BCUT2D eigenvalue weighted by molar-refractivity contribution is -0.127. The molecule has 52 heavy (non-hydrogen) atoms. The minimum atomic E-state index is -0.00473. The van der Waals surface area contributed by atoms with Crippen LogP contribution in [0.5, 0.6) is 23.1 Å². The quantitative estimate of drug-likeness (QED) is 0.112. The highest BCUT2D eigenvalue weighted by Gasteiger charge is 2.20. The molecule has 1 fully saturated rings. The number of halogens is 2. The van der Waals surface area contributed by atoms with Crippen LogP contribution >= 0.6 is 24.0 Å². The number of hydrogen-bond donors (Lipinski definition) is 0. The standard InChI is InChI=1S/C43H44ClN3O4.ClH/c1-31-8-15-38(16-9-31)49-25-20-34-10-12-35(13-11-34)29-46-21-23-47(24-22-46)42(48)19-14-36-26-33(3)43(40(44)27-36)51-41-18-17-39(28-45-41)50-30-37-7-5-4-6-32(37)2;/h4-19,26-28H,20-25,29-30H2,1-3H3;1H/b19-14+;. The first-order valence-electron chi connectivity index (χ1n) is 17.4. The molecule has 0 atom stereocenters. The highest BCUT2D eigenvalue weighted by Crippen LogP contribution is 2.34. The Labute approximate surface area is 318 Å². The molecule has 0 radical (unpaired) electrons.